The maximum atomic E-state index is 13.0. The summed E-state index contributed by atoms with van der Waals surface area (Å²) in [6.07, 6.45) is 0.478. The Bertz CT molecular complexity index is 1050. The van der Waals surface area contributed by atoms with Crippen LogP contribution in [0, 0.1) is 5.92 Å². The molecule has 1 unspecified atom stereocenters. The summed E-state index contributed by atoms with van der Waals surface area (Å²) >= 11 is 0. The first kappa shape index (κ1) is 20.4. The predicted octanol–water partition coefficient (Wildman–Crippen LogP) is 1.66. The van der Waals surface area contributed by atoms with E-state index < -0.39 is 29.0 Å². The van der Waals surface area contributed by atoms with Gasteiger partial charge in [0, 0.05) is 13.0 Å². The van der Waals surface area contributed by atoms with Gasteiger partial charge < -0.3 is 15.4 Å². The number of hydrogen-bond acceptors (Lipinski definition) is 5. The van der Waals surface area contributed by atoms with Crippen LogP contribution in [0.4, 0.5) is 11.5 Å². The van der Waals surface area contributed by atoms with E-state index in [1.165, 1.54) is 11.7 Å². The number of methoxy groups -OCH3 is 1. The Labute approximate surface area is 167 Å². The number of rotatable bonds is 6. The molecule has 29 heavy (non-hydrogen) atoms. The van der Waals surface area contributed by atoms with Crippen LogP contribution in [0.15, 0.2) is 33.9 Å². The van der Waals surface area contributed by atoms with Crippen LogP contribution in [0.25, 0.3) is 0 Å². The van der Waals surface area contributed by atoms with E-state index in [0.717, 1.165) is 0 Å². The molecule has 0 fully saturated rings. The summed E-state index contributed by atoms with van der Waals surface area (Å²) in [5.74, 6) is -1.12. The second-order valence-electron chi connectivity index (χ2n) is 7.35. The maximum Gasteiger partial charge on any atom is 0.329 e. The maximum absolute atomic E-state index is 13.0. The fourth-order valence-corrected chi connectivity index (χ4v) is 3.31. The number of nitrogens with zero attached hydrogens (tertiary/aromatic N) is 1. The van der Waals surface area contributed by atoms with Gasteiger partial charge in [-0.2, -0.15) is 0 Å². The molecule has 2 amide bonds. The number of amides is 2. The van der Waals surface area contributed by atoms with Crippen molar-refractivity contribution >= 4 is 23.3 Å². The van der Waals surface area contributed by atoms with E-state index in [9.17, 15) is 19.2 Å². The van der Waals surface area contributed by atoms with Crippen LogP contribution in [-0.2, 0) is 16.1 Å². The van der Waals surface area contributed by atoms with Crippen LogP contribution < -0.4 is 26.6 Å². The van der Waals surface area contributed by atoms with Gasteiger partial charge in [-0.3, -0.25) is 23.9 Å². The average Bonchev–Trinajstić information content (AvgIpc) is 2.67. The van der Waals surface area contributed by atoms with E-state index >= 15 is 0 Å². The Morgan fingerprint density at radius 1 is 1.28 bits per heavy atom. The lowest BCUT2D eigenvalue weighted by atomic mass is 9.92. The Kier molecular flexibility index (Phi) is 5.86. The summed E-state index contributed by atoms with van der Waals surface area (Å²) in [6, 6.07) is 6.84. The summed E-state index contributed by atoms with van der Waals surface area (Å²) in [5.41, 5.74) is -0.774. The monoisotopic (exact) mass is 400 g/mol. The van der Waals surface area contributed by atoms with Gasteiger partial charge >= 0.3 is 5.69 Å². The zero-order valence-electron chi connectivity index (χ0n) is 16.6. The molecule has 1 aromatic carbocycles. The van der Waals surface area contributed by atoms with Gasteiger partial charge in [-0.15, -0.1) is 0 Å². The van der Waals surface area contributed by atoms with Gasteiger partial charge in [0.15, 0.2) is 0 Å². The lowest BCUT2D eigenvalue weighted by Gasteiger charge is -2.26. The van der Waals surface area contributed by atoms with Crippen molar-refractivity contribution in [3.8, 4) is 5.75 Å². The number of H-pyrrole nitrogens is 1. The van der Waals surface area contributed by atoms with Gasteiger partial charge in [-0.05, 0) is 24.5 Å². The molecule has 1 aromatic heterocycles. The van der Waals surface area contributed by atoms with Crippen LogP contribution in [-0.4, -0.2) is 28.5 Å². The molecule has 3 N–H and O–H groups in total. The molecule has 1 aliphatic heterocycles. The zero-order valence-corrected chi connectivity index (χ0v) is 16.6. The Morgan fingerprint density at radius 3 is 2.69 bits per heavy atom. The SMILES string of the molecule is COc1ccccc1NC(=O)C1CC(=O)Nc2c1c(=O)[nH]c(=O)n2CCC(C)C. The summed E-state index contributed by atoms with van der Waals surface area (Å²) < 4.78 is 6.55. The van der Waals surface area contributed by atoms with Crippen LogP contribution in [0.1, 0.15) is 38.2 Å². The highest BCUT2D eigenvalue weighted by atomic mass is 16.5. The quantitative estimate of drug-likeness (QED) is 0.681. The largest absolute Gasteiger partial charge is 0.495 e. The number of aromatic nitrogens is 2. The summed E-state index contributed by atoms with van der Waals surface area (Å²) in [7, 11) is 1.48. The first-order chi connectivity index (χ1) is 13.8. The van der Waals surface area contributed by atoms with Gasteiger partial charge in [0.05, 0.1) is 24.3 Å². The number of para-hydroxylation sites is 2. The molecule has 0 spiro atoms. The molecule has 0 bridgehead atoms. The smallest absolute Gasteiger partial charge is 0.329 e. The van der Waals surface area contributed by atoms with E-state index in [-0.39, 0.29) is 17.8 Å². The van der Waals surface area contributed by atoms with Crippen LogP contribution in [0.2, 0.25) is 0 Å². The van der Waals surface area contributed by atoms with E-state index in [1.807, 2.05) is 13.8 Å². The molecule has 9 nitrogen and oxygen atoms in total. The third-order valence-corrected chi connectivity index (χ3v) is 4.84. The molecule has 0 saturated carbocycles. The average molecular weight is 400 g/mol. The molecule has 0 radical (unpaired) electrons. The molecular weight excluding hydrogens is 376 g/mol. The van der Waals surface area contributed by atoms with Gasteiger partial charge in [-0.1, -0.05) is 26.0 Å². The first-order valence-electron chi connectivity index (χ1n) is 9.42. The lowest BCUT2D eigenvalue weighted by molar-refractivity contribution is -0.123. The van der Waals surface area contributed by atoms with Crippen molar-refractivity contribution in [2.75, 3.05) is 17.7 Å². The number of hydrogen-bond donors (Lipinski definition) is 3. The van der Waals surface area contributed by atoms with Gasteiger partial charge in [0.1, 0.15) is 11.6 Å². The highest BCUT2D eigenvalue weighted by Crippen LogP contribution is 2.31. The number of carbonyl (C=O) groups excluding carboxylic acids is 2. The van der Waals surface area contributed by atoms with Gasteiger partial charge in [0.2, 0.25) is 11.8 Å². The number of ether oxygens (including phenoxy) is 1. The number of benzene rings is 1. The Morgan fingerprint density at radius 2 is 2.00 bits per heavy atom. The van der Waals surface area contributed by atoms with E-state index in [4.69, 9.17) is 4.74 Å². The van der Waals surface area contributed by atoms with E-state index in [1.54, 1.807) is 24.3 Å². The highest BCUT2D eigenvalue weighted by molar-refractivity contribution is 6.04. The minimum absolute atomic E-state index is 0.0837. The molecule has 1 atom stereocenters. The third-order valence-electron chi connectivity index (χ3n) is 4.84. The van der Waals surface area contributed by atoms with Crippen molar-refractivity contribution in [1.29, 1.82) is 0 Å². The second kappa shape index (κ2) is 8.34. The third kappa shape index (κ3) is 4.23. The fraction of sp³-hybridized carbons (Fsp3) is 0.400. The summed E-state index contributed by atoms with van der Waals surface area (Å²) in [5, 5.41) is 5.32. The molecule has 2 heterocycles. The van der Waals surface area contributed by atoms with Crippen molar-refractivity contribution in [2.24, 2.45) is 5.92 Å². The van der Waals surface area contributed by atoms with E-state index in [0.29, 0.717) is 30.3 Å². The summed E-state index contributed by atoms with van der Waals surface area (Å²) in [4.78, 5) is 52.4. The van der Waals surface area contributed by atoms with Crippen molar-refractivity contribution in [3.05, 3.63) is 50.7 Å². The molecule has 0 aliphatic carbocycles. The van der Waals surface area contributed by atoms with E-state index in [2.05, 4.69) is 15.6 Å². The number of nitrogens with one attached hydrogen (secondary N) is 3. The Hall–Kier alpha value is -3.36. The Balaban J connectivity index is 2.02. The molecule has 0 saturated heterocycles. The molecular formula is C20H24N4O5. The number of anilines is 2. The standard InChI is InChI=1S/C20H24N4O5/c1-11(2)8-9-24-17-16(19(27)23-20(24)28)12(10-15(25)22-17)18(26)21-13-6-4-5-7-14(13)29-3/h4-7,11-12H,8-10H2,1-3H3,(H,21,26)(H,22,25)(H,23,27,28). The van der Waals surface area contributed by atoms with Crippen molar-refractivity contribution in [1.82, 2.24) is 9.55 Å². The topological polar surface area (TPSA) is 122 Å². The molecule has 9 heteroatoms. The van der Waals surface area contributed by atoms with Gasteiger partial charge in [0.25, 0.3) is 5.56 Å². The molecule has 2 aromatic rings. The minimum atomic E-state index is -1.03. The lowest BCUT2D eigenvalue weighted by Crippen LogP contribution is -2.42. The number of carbonyl (C=O) groups is 2. The van der Waals surface area contributed by atoms with Crippen molar-refractivity contribution in [2.45, 2.75) is 39.2 Å². The molecule has 3 rings (SSSR count). The highest BCUT2D eigenvalue weighted by Gasteiger charge is 2.35. The van der Waals surface area contributed by atoms with Crippen LogP contribution in [0.5, 0.6) is 5.75 Å². The first-order valence-corrected chi connectivity index (χ1v) is 9.42. The number of aromatic amines is 1. The van der Waals surface area contributed by atoms with Crippen LogP contribution >= 0.6 is 0 Å². The zero-order chi connectivity index (χ0) is 21.1. The predicted molar refractivity (Wildman–Crippen MR) is 108 cm³/mol. The van der Waals surface area contributed by atoms with Crippen molar-refractivity contribution in [3.63, 3.8) is 0 Å². The minimum Gasteiger partial charge on any atom is -0.495 e. The van der Waals surface area contributed by atoms with Gasteiger partial charge in [-0.25, -0.2) is 4.79 Å². The normalized spacial score (nSPS) is 15.6. The van der Waals surface area contributed by atoms with Crippen molar-refractivity contribution < 1.29 is 14.3 Å². The summed E-state index contributed by atoms with van der Waals surface area (Å²) in [6.45, 7) is 4.33. The molecule has 1 aliphatic rings. The fourth-order valence-electron chi connectivity index (χ4n) is 3.31. The second-order valence-corrected chi connectivity index (χ2v) is 7.35. The van der Waals surface area contributed by atoms with Crippen LogP contribution in [0.3, 0.4) is 0 Å². The number of fused-ring (bicyclic) bond motifs is 1. The molecule has 154 valence electrons.